The number of nitrogens with zero attached hydrogens (tertiary/aromatic N) is 3. The van der Waals surface area contributed by atoms with Gasteiger partial charge in [0.2, 0.25) is 5.91 Å². The van der Waals surface area contributed by atoms with E-state index < -0.39 is 0 Å². The molecule has 0 aliphatic carbocycles. The van der Waals surface area contributed by atoms with Gasteiger partial charge in [0.25, 0.3) is 0 Å². The van der Waals surface area contributed by atoms with Gasteiger partial charge in [-0.1, -0.05) is 5.16 Å². The Balaban J connectivity index is 1.73. The summed E-state index contributed by atoms with van der Waals surface area (Å²) in [6, 6.07) is 2.05. The summed E-state index contributed by atoms with van der Waals surface area (Å²) < 4.78 is 5.07. The number of hydrogen-bond acceptors (Lipinski definition) is 5. The number of piperazine rings is 1. The Bertz CT molecular complexity index is 436. The zero-order chi connectivity index (χ0) is 14.5. The van der Waals surface area contributed by atoms with Gasteiger partial charge in [-0.05, 0) is 20.3 Å². The summed E-state index contributed by atoms with van der Waals surface area (Å²) in [6.07, 6.45) is 1.32. The lowest BCUT2D eigenvalue weighted by Gasteiger charge is -2.34. The minimum absolute atomic E-state index is 0.0932. The van der Waals surface area contributed by atoms with Crippen molar-refractivity contribution in [3.05, 3.63) is 17.5 Å². The number of rotatable bonds is 5. The van der Waals surface area contributed by atoms with Crippen molar-refractivity contribution in [3.8, 4) is 0 Å². The Morgan fingerprint density at radius 1 is 1.45 bits per heavy atom. The molecule has 2 heterocycles. The van der Waals surface area contributed by atoms with Crippen molar-refractivity contribution in [2.75, 3.05) is 26.2 Å². The first-order valence-corrected chi connectivity index (χ1v) is 7.22. The van der Waals surface area contributed by atoms with Gasteiger partial charge in [-0.3, -0.25) is 9.69 Å². The van der Waals surface area contributed by atoms with Crippen molar-refractivity contribution in [1.29, 1.82) is 0 Å². The maximum Gasteiger partial charge on any atom is 0.222 e. The zero-order valence-corrected chi connectivity index (χ0v) is 12.3. The van der Waals surface area contributed by atoms with E-state index in [4.69, 9.17) is 10.3 Å². The first-order valence-electron chi connectivity index (χ1n) is 7.22. The topological polar surface area (TPSA) is 75.6 Å². The number of hydrogen-bond donors (Lipinski definition) is 1. The van der Waals surface area contributed by atoms with Gasteiger partial charge in [0.05, 0.1) is 5.69 Å². The van der Waals surface area contributed by atoms with E-state index in [-0.39, 0.29) is 11.9 Å². The van der Waals surface area contributed by atoms with Gasteiger partial charge in [0.1, 0.15) is 5.76 Å². The molecule has 0 saturated carbocycles. The molecule has 20 heavy (non-hydrogen) atoms. The summed E-state index contributed by atoms with van der Waals surface area (Å²) >= 11 is 0. The lowest BCUT2D eigenvalue weighted by Crippen LogP contribution is -2.48. The average molecular weight is 280 g/mol. The molecule has 1 aromatic rings. The number of carbonyl (C=O) groups is 1. The highest BCUT2D eigenvalue weighted by Gasteiger charge is 2.21. The summed E-state index contributed by atoms with van der Waals surface area (Å²) in [7, 11) is 0. The Kier molecular flexibility index (Phi) is 5.14. The van der Waals surface area contributed by atoms with Crippen LogP contribution in [0.25, 0.3) is 0 Å². The van der Waals surface area contributed by atoms with E-state index in [0.717, 1.165) is 50.6 Å². The van der Waals surface area contributed by atoms with Gasteiger partial charge in [-0.2, -0.15) is 0 Å². The standard InChI is InChI=1S/C14H24N4O2/c1-11(15)3-4-14(19)18-7-5-17(6-8-18)10-13-9-12(2)20-16-13/h9,11H,3-8,10,15H2,1-2H3. The second-order valence-electron chi connectivity index (χ2n) is 5.60. The maximum atomic E-state index is 12.0. The molecule has 2 N–H and O–H groups in total. The van der Waals surface area contributed by atoms with Crippen LogP contribution in [0.2, 0.25) is 0 Å². The van der Waals surface area contributed by atoms with Crippen LogP contribution >= 0.6 is 0 Å². The van der Waals surface area contributed by atoms with Crippen LogP contribution in [0.3, 0.4) is 0 Å². The SMILES string of the molecule is Cc1cc(CN2CCN(C(=O)CCC(C)N)CC2)no1. The largest absolute Gasteiger partial charge is 0.361 e. The summed E-state index contributed by atoms with van der Waals surface area (Å²) in [5, 5.41) is 4.00. The molecule has 1 fully saturated rings. The molecule has 0 radical (unpaired) electrons. The Morgan fingerprint density at radius 3 is 2.70 bits per heavy atom. The third-order valence-corrected chi connectivity index (χ3v) is 3.60. The minimum Gasteiger partial charge on any atom is -0.361 e. The van der Waals surface area contributed by atoms with E-state index in [1.165, 1.54) is 0 Å². The number of amides is 1. The molecular formula is C14H24N4O2. The molecule has 1 unspecified atom stereocenters. The molecule has 1 aliphatic heterocycles. The number of aromatic nitrogens is 1. The smallest absolute Gasteiger partial charge is 0.222 e. The average Bonchev–Trinajstić information content (AvgIpc) is 2.82. The Morgan fingerprint density at radius 2 is 2.15 bits per heavy atom. The van der Waals surface area contributed by atoms with Crippen LogP contribution < -0.4 is 5.73 Å². The van der Waals surface area contributed by atoms with Crippen molar-refractivity contribution in [1.82, 2.24) is 15.0 Å². The van der Waals surface area contributed by atoms with Crippen LogP contribution in [0.5, 0.6) is 0 Å². The van der Waals surface area contributed by atoms with Crippen LogP contribution in [0.4, 0.5) is 0 Å². The van der Waals surface area contributed by atoms with Gasteiger partial charge in [-0.15, -0.1) is 0 Å². The fraction of sp³-hybridized carbons (Fsp3) is 0.714. The van der Waals surface area contributed by atoms with Gasteiger partial charge < -0.3 is 15.2 Å². The Labute approximate surface area is 119 Å². The second-order valence-corrected chi connectivity index (χ2v) is 5.60. The van der Waals surface area contributed by atoms with Crippen molar-refractivity contribution in [2.45, 2.75) is 39.3 Å². The maximum absolute atomic E-state index is 12.0. The van der Waals surface area contributed by atoms with Crippen molar-refractivity contribution < 1.29 is 9.32 Å². The second kappa shape index (κ2) is 6.85. The number of aryl methyl sites for hydroxylation is 1. The molecule has 0 spiro atoms. The highest BCUT2D eigenvalue weighted by atomic mass is 16.5. The molecule has 1 amide bonds. The lowest BCUT2D eigenvalue weighted by atomic mass is 10.1. The van der Waals surface area contributed by atoms with E-state index in [1.807, 2.05) is 24.8 Å². The molecule has 1 aromatic heterocycles. The molecule has 0 aromatic carbocycles. The summed E-state index contributed by atoms with van der Waals surface area (Å²) in [5.74, 6) is 1.06. The van der Waals surface area contributed by atoms with Crippen LogP contribution in [-0.4, -0.2) is 53.1 Å². The van der Waals surface area contributed by atoms with E-state index in [2.05, 4.69) is 10.1 Å². The molecule has 112 valence electrons. The van der Waals surface area contributed by atoms with Gasteiger partial charge >= 0.3 is 0 Å². The van der Waals surface area contributed by atoms with Crippen molar-refractivity contribution in [3.63, 3.8) is 0 Å². The molecular weight excluding hydrogens is 256 g/mol. The van der Waals surface area contributed by atoms with Crippen LogP contribution in [0.1, 0.15) is 31.2 Å². The molecule has 6 nitrogen and oxygen atoms in total. The van der Waals surface area contributed by atoms with Crippen LogP contribution in [0, 0.1) is 6.92 Å². The van der Waals surface area contributed by atoms with E-state index in [9.17, 15) is 4.79 Å². The van der Waals surface area contributed by atoms with Gasteiger partial charge in [0.15, 0.2) is 0 Å². The molecule has 1 aliphatic rings. The Hall–Kier alpha value is -1.40. The van der Waals surface area contributed by atoms with Crippen molar-refractivity contribution >= 4 is 5.91 Å². The number of nitrogens with two attached hydrogens (primary N) is 1. The van der Waals surface area contributed by atoms with Crippen LogP contribution in [0.15, 0.2) is 10.6 Å². The van der Waals surface area contributed by atoms with Crippen molar-refractivity contribution in [2.24, 2.45) is 5.73 Å². The van der Waals surface area contributed by atoms with Gasteiger partial charge in [0, 0.05) is 51.3 Å². The molecule has 1 saturated heterocycles. The number of carbonyl (C=O) groups excluding carboxylic acids is 1. The summed E-state index contributed by atoms with van der Waals surface area (Å²) in [6.45, 7) is 7.96. The first kappa shape index (κ1) is 15.0. The lowest BCUT2D eigenvalue weighted by molar-refractivity contribution is -0.133. The summed E-state index contributed by atoms with van der Waals surface area (Å²) in [5.41, 5.74) is 6.64. The highest BCUT2D eigenvalue weighted by molar-refractivity contribution is 5.76. The third-order valence-electron chi connectivity index (χ3n) is 3.60. The van der Waals surface area contributed by atoms with Gasteiger partial charge in [-0.25, -0.2) is 0 Å². The molecule has 6 heteroatoms. The molecule has 2 rings (SSSR count). The quantitative estimate of drug-likeness (QED) is 0.861. The predicted octanol–water partition coefficient (Wildman–Crippen LogP) is 0.755. The zero-order valence-electron chi connectivity index (χ0n) is 12.3. The van der Waals surface area contributed by atoms with E-state index in [1.54, 1.807) is 0 Å². The third kappa shape index (κ3) is 4.31. The fourth-order valence-electron chi connectivity index (χ4n) is 2.39. The van der Waals surface area contributed by atoms with E-state index >= 15 is 0 Å². The predicted molar refractivity (Wildman–Crippen MR) is 76.0 cm³/mol. The monoisotopic (exact) mass is 280 g/mol. The van der Waals surface area contributed by atoms with Crippen LogP contribution in [-0.2, 0) is 11.3 Å². The van der Waals surface area contributed by atoms with E-state index in [0.29, 0.717) is 6.42 Å². The fourth-order valence-corrected chi connectivity index (χ4v) is 2.39. The first-order chi connectivity index (χ1) is 9.54. The highest BCUT2D eigenvalue weighted by Crippen LogP contribution is 2.10. The minimum atomic E-state index is 0.0932. The summed E-state index contributed by atoms with van der Waals surface area (Å²) in [4.78, 5) is 16.2. The molecule has 1 atom stereocenters. The normalized spacial score (nSPS) is 18.2. The molecule has 0 bridgehead atoms.